The van der Waals surface area contributed by atoms with Crippen LogP contribution < -0.4 is 4.90 Å². The Balaban J connectivity index is 1.86. The van der Waals surface area contributed by atoms with E-state index < -0.39 is 0 Å². The summed E-state index contributed by atoms with van der Waals surface area (Å²) in [6.45, 7) is 5.94. The number of esters is 1. The number of nitrogens with one attached hydrogen (secondary N) is 1. The van der Waals surface area contributed by atoms with Gasteiger partial charge in [-0.1, -0.05) is 6.58 Å². The Morgan fingerprint density at radius 3 is 2.83 bits per heavy atom. The second-order valence-corrected chi connectivity index (χ2v) is 4.83. The molecule has 0 aliphatic rings. The molecular weight excluding hydrogens is 296 g/mol. The molecule has 23 heavy (non-hydrogen) atoms. The van der Waals surface area contributed by atoms with Crippen LogP contribution in [-0.4, -0.2) is 41.1 Å². The number of hydrogen-bond acceptors (Lipinski definition) is 7. The normalized spacial score (nSPS) is 10.7. The molecule has 0 amide bonds. The lowest BCUT2D eigenvalue weighted by molar-refractivity contribution is -0.138. The highest BCUT2D eigenvalue weighted by Crippen LogP contribution is 2.17. The molecule has 0 saturated heterocycles. The molecular formula is C15H18N6O2. The number of carbonyl (C=O) groups excluding carboxylic acids is 1. The third kappa shape index (κ3) is 5.03. The summed E-state index contributed by atoms with van der Waals surface area (Å²) < 4.78 is 5.05. The van der Waals surface area contributed by atoms with Crippen LogP contribution in [0.5, 0.6) is 0 Å². The largest absolute Gasteiger partial charge is 0.460 e. The van der Waals surface area contributed by atoms with Gasteiger partial charge in [0.1, 0.15) is 18.1 Å². The minimum Gasteiger partial charge on any atom is -0.460 e. The molecule has 0 bridgehead atoms. The SMILES string of the molecule is C=C(C)C(=O)OCCN(C)c1ccc(N=Nc2ncc[nH]2)cn1. The number of H-pyrrole nitrogens is 1. The summed E-state index contributed by atoms with van der Waals surface area (Å²) in [7, 11) is 1.86. The van der Waals surface area contributed by atoms with Gasteiger partial charge in [0.15, 0.2) is 0 Å². The highest BCUT2D eigenvalue weighted by molar-refractivity contribution is 5.86. The molecule has 1 N–H and O–H groups in total. The fraction of sp³-hybridized carbons (Fsp3) is 0.267. The predicted octanol–water partition coefficient (Wildman–Crippen LogP) is 2.78. The number of carbonyl (C=O) groups is 1. The van der Waals surface area contributed by atoms with E-state index in [2.05, 4.69) is 31.8 Å². The lowest BCUT2D eigenvalue weighted by Gasteiger charge is -2.17. The van der Waals surface area contributed by atoms with Gasteiger partial charge in [0.25, 0.3) is 0 Å². The molecule has 0 aliphatic carbocycles. The number of rotatable bonds is 7. The Morgan fingerprint density at radius 2 is 2.22 bits per heavy atom. The van der Waals surface area contributed by atoms with Crippen molar-refractivity contribution >= 4 is 23.4 Å². The van der Waals surface area contributed by atoms with Crippen molar-refractivity contribution in [2.45, 2.75) is 6.92 Å². The van der Waals surface area contributed by atoms with E-state index in [1.165, 1.54) is 0 Å². The maximum absolute atomic E-state index is 11.3. The number of pyridine rings is 1. The lowest BCUT2D eigenvalue weighted by Crippen LogP contribution is -2.24. The summed E-state index contributed by atoms with van der Waals surface area (Å²) in [6, 6.07) is 3.61. The number of likely N-dealkylation sites (N-methyl/N-ethyl adjacent to an activating group) is 1. The van der Waals surface area contributed by atoms with Crippen molar-refractivity contribution in [3.05, 3.63) is 42.9 Å². The smallest absolute Gasteiger partial charge is 0.333 e. The summed E-state index contributed by atoms with van der Waals surface area (Å²) >= 11 is 0. The predicted molar refractivity (Wildman–Crippen MR) is 86.0 cm³/mol. The van der Waals surface area contributed by atoms with E-state index in [1.807, 2.05) is 18.0 Å². The molecule has 120 valence electrons. The lowest BCUT2D eigenvalue weighted by atomic mass is 10.4. The van der Waals surface area contributed by atoms with Crippen molar-refractivity contribution in [1.82, 2.24) is 15.0 Å². The standard InChI is InChI=1S/C15H18N6O2/c1-11(2)14(22)23-9-8-21(3)13-5-4-12(10-18-13)19-20-15-16-6-7-17-15/h4-7,10H,1,8-9H2,2-3H3,(H,16,17). The third-order valence-corrected chi connectivity index (χ3v) is 2.88. The maximum atomic E-state index is 11.3. The minimum absolute atomic E-state index is 0.268. The number of ether oxygens (including phenoxy) is 1. The average molecular weight is 314 g/mol. The van der Waals surface area contributed by atoms with Gasteiger partial charge in [0.05, 0.1) is 12.7 Å². The zero-order valence-corrected chi connectivity index (χ0v) is 13.1. The summed E-state index contributed by atoms with van der Waals surface area (Å²) in [5.74, 6) is 0.791. The van der Waals surface area contributed by atoms with Crippen molar-refractivity contribution in [1.29, 1.82) is 0 Å². The Labute approximate surface area is 133 Å². The van der Waals surface area contributed by atoms with Gasteiger partial charge >= 0.3 is 5.97 Å². The number of aromatic nitrogens is 3. The third-order valence-electron chi connectivity index (χ3n) is 2.88. The van der Waals surface area contributed by atoms with Gasteiger partial charge in [0.2, 0.25) is 5.95 Å². The van der Waals surface area contributed by atoms with Crippen LogP contribution in [0.2, 0.25) is 0 Å². The van der Waals surface area contributed by atoms with Gasteiger partial charge in [-0.15, -0.1) is 10.2 Å². The van der Waals surface area contributed by atoms with Gasteiger partial charge in [-0.25, -0.2) is 14.8 Å². The molecule has 0 unspecified atom stereocenters. The van der Waals surface area contributed by atoms with Crippen molar-refractivity contribution < 1.29 is 9.53 Å². The fourth-order valence-electron chi connectivity index (χ4n) is 1.59. The second kappa shape index (κ2) is 7.83. The Hall–Kier alpha value is -3.03. The number of aromatic amines is 1. The van der Waals surface area contributed by atoms with E-state index in [1.54, 1.807) is 31.6 Å². The van der Waals surface area contributed by atoms with E-state index in [4.69, 9.17) is 4.74 Å². The highest BCUT2D eigenvalue weighted by atomic mass is 16.5. The molecule has 0 aromatic carbocycles. The van der Waals surface area contributed by atoms with Crippen molar-refractivity contribution in [2.24, 2.45) is 10.2 Å². The van der Waals surface area contributed by atoms with Crippen LogP contribution >= 0.6 is 0 Å². The molecule has 0 fully saturated rings. The van der Waals surface area contributed by atoms with Crippen molar-refractivity contribution in [2.75, 3.05) is 25.1 Å². The number of hydrogen-bond donors (Lipinski definition) is 1. The Kier molecular flexibility index (Phi) is 5.56. The van der Waals surface area contributed by atoms with Crippen molar-refractivity contribution in [3.63, 3.8) is 0 Å². The van der Waals surface area contributed by atoms with Gasteiger partial charge in [-0.2, -0.15) is 0 Å². The second-order valence-electron chi connectivity index (χ2n) is 4.83. The van der Waals surface area contributed by atoms with Crippen LogP contribution in [0.3, 0.4) is 0 Å². The first-order chi connectivity index (χ1) is 11.1. The molecule has 0 saturated carbocycles. The van der Waals surface area contributed by atoms with Crippen molar-refractivity contribution in [3.8, 4) is 0 Å². The topological polar surface area (TPSA) is 95.8 Å². The zero-order valence-electron chi connectivity index (χ0n) is 13.1. The maximum Gasteiger partial charge on any atom is 0.333 e. The van der Waals surface area contributed by atoms with Gasteiger partial charge in [-0.05, 0) is 19.1 Å². The first-order valence-electron chi connectivity index (χ1n) is 6.97. The van der Waals surface area contributed by atoms with Gasteiger partial charge in [0, 0.05) is 25.0 Å². The summed E-state index contributed by atoms with van der Waals surface area (Å²) in [5, 5.41) is 7.96. The highest BCUT2D eigenvalue weighted by Gasteiger charge is 2.06. The monoisotopic (exact) mass is 314 g/mol. The summed E-state index contributed by atoms with van der Waals surface area (Å²) in [5.41, 5.74) is 1.00. The van der Waals surface area contributed by atoms with E-state index in [0.29, 0.717) is 23.8 Å². The molecule has 8 nitrogen and oxygen atoms in total. The van der Waals surface area contributed by atoms with Crippen LogP contribution in [0.15, 0.2) is 53.1 Å². The first kappa shape index (κ1) is 16.3. The first-order valence-corrected chi connectivity index (χ1v) is 6.97. The number of anilines is 1. The summed E-state index contributed by atoms with van der Waals surface area (Å²) in [6.07, 6.45) is 4.88. The van der Waals surface area contributed by atoms with E-state index in [-0.39, 0.29) is 12.6 Å². The quantitative estimate of drug-likeness (QED) is 0.481. The molecule has 0 spiro atoms. The number of nitrogens with zero attached hydrogens (tertiary/aromatic N) is 5. The van der Waals surface area contributed by atoms with Gasteiger partial charge < -0.3 is 14.6 Å². The van der Waals surface area contributed by atoms with Crippen LogP contribution in [0.25, 0.3) is 0 Å². The molecule has 2 heterocycles. The zero-order chi connectivity index (χ0) is 16.7. The molecule has 8 heteroatoms. The molecule has 2 rings (SSSR count). The Bertz CT molecular complexity index is 679. The fourth-order valence-corrected chi connectivity index (χ4v) is 1.59. The molecule has 2 aromatic rings. The average Bonchev–Trinajstić information content (AvgIpc) is 3.06. The number of imidazole rings is 1. The molecule has 2 aromatic heterocycles. The van der Waals surface area contributed by atoms with E-state index >= 15 is 0 Å². The molecule has 0 atom stereocenters. The minimum atomic E-state index is -0.389. The molecule has 0 aliphatic heterocycles. The summed E-state index contributed by atoms with van der Waals surface area (Å²) in [4.78, 5) is 24.2. The molecule has 0 radical (unpaired) electrons. The van der Waals surface area contributed by atoms with Gasteiger partial charge in [-0.3, -0.25) is 0 Å². The van der Waals surface area contributed by atoms with Crippen LogP contribution in [0.1, 0.15) is 6.92 Å². The van der Waals surface area contributed by atoms with E-state index in [9.17, 15) is 4.79 Å². The van der Waals surface area contributed by atoms with Crippen LogP contribution in [0.4, 0.5) is 17.5 Å². The number of azo groups is 1. The Morgan fingerprint density at radius 1 is 1.39 bits per heavy atom. The van der Waals surface area contributed by atoms with E-state index in [0.717, 1.165) is 5.82 Å². The van der Waals surface area contributed by atoms with Crippen LogP contribution in [0, 0.1) is 0 Å². The van der Waals surface area contributed by atoms with Crippen LogP contribution in [-0.2, 0) is 9.53 Å².